The van der Waals surface area contributed by atoms with E-state index in [1.54, 1.807) is 0 Å². The number of nitrogens with two attached hydrogens (primary N) is 2. The van der Waals surface area contributed by atoms with E-state index in [0.29, 0.717) is 0 Å². The predicted molar refractivity (Wildman–Crippen MR) is 41.0 cm³/mol. The first kappa shape index (κ1) is 24.2. The van der Waals surface area contributed by atoms with Crippen molar-refractivity contribution >= 4 is 15.6 Å². The van der Waals surface area contributed by atoms with Crippen LogP contribution >= 0.6 is 15.6 Å². The molecule has 12 heteroatoms. The molecule has 0 amide bonds. The van der Waals surface area contributed by atoms with Gasteiger partial charge >= 0.3 is 28.9 Å². The zero-order valence-electron chi connectivity index (χ0n) is 7.30. The molecule has 0 unspecified atom stereocenters. The van der Waals surface area contributed by atoms with E-state index in [1.165, 1.54) is 14.1 Å². The minimum atomic E-state index is -5.55. The van der Waals surface area contributed by atoms with Gasteiger partial charge in [-0.05, 0) is 14.1 Å². The van der Waals surface area contributed by atoms with Gasteiger partial charge in [-0.15, -0.1) is 0 Å². The summed E-state index contributed by atoms with van der Waals surface area (Å²) in [6.07, 6.45) is 0. The van der Waals surface area contributed by atoms with Crippen LogP contribution in [-0.4, -0.2) is 23.9 Å². The summed E-state index contributed by atoms with van der Waals surface area (Å²) >= 11 is 0. The van der Waals surface area contributed by atoms with Gasteiger partial charge in [-0.2, -0.15) is 0 Å². The molecule has 0 rings (SSSR count). The fourth-order valence-corrected chi connectivity index (χ4v) is 1.17. The van der Waals surface area contributed by atoms with Gasteiger partial charge in [0.25, 0.3) is 0 Å². The molecule has 9 nitrogen and oxygen atoms in total. The molecule has 92 valence electrons. The molecule has 0 heterocycles. The van der Waals surface area contributed by atoms with E-state index in [1.807, 2.05) is 0 Å². The Bertz CT molecular complexity index is 168. The smallest absolute Gasteiger partial charge is 0.789 e. The van der Waals surface area contributed by atoms with Crippen molar-refractivity contribution in [3.8, 4) is 0 Å². The summed E-state index contributed by atoms with van der Waals surface area (Å²) in [5.74, 6) is 0. The Morgan fingerprint density at radius 3 is 1.29 bits per heavy atom. The molecule has 0 aromatic rings. The molecule has 0 bridgehead atoms. The van der Waals surface area contributed by atoms with Crippen molar-refractivity contribution < 1.29 is 54.1 Å². The van der Waals surface area contributed by atoms with Crippen molar-refractivity contribution in [1.29, 1.82) is 0 Å². The molecule has 0 aliphatic rings. The van der Waals surface area contributed by atoms with Crippen LogP contribution < -0.4 is 21.3 Å². The van der Waals surface area contributed by atoms with Crippen LogP contribution in [0.5, 0.6) is 0 Å². The van der Waals surface area contributed by atoms with Gasteiger partial charge in [0.05, 0.1) is 7.82 Å². The standard InChI is InChI=1S/2CH5N.H4O7P2.Pt/c2*1-2;1-8(2,3)7-9(4,5)6;/h2*2H2,1H3;(H2,1,2,3)(H2,4,5,6);/q;;;+2/p-2. The van der Waals surface area contributed by atoms with Crippen LogP contribution in [0, 0.1) is 0 Å². The summed E-state index contributed by atoms with van der Waals surface area (Å²) in [7, 11) is -7.73. The molecule has 0 aromatic carbocycles. The van der Waals surface area contributed by atoms with Gasteiger partial charge in [0, 0.05) is 0 Å². The minimum Gasteiger partial charge on any atom is -0.789 e. The zero-order chi connectivity index (χ0) is 11.7. The van der Waals surface area contributed by atoms with Crippen LogP contribution in [0.1, 0.15) is 0 Å². The second-order valence-electron chi connectivity index (χ2n) is 1.02. The maximum absolute atomic E-state index is 9.55. The first-order chi connectivity index (χ1) is 5.71. The maximum Gasteiger partial charge on any atom is 2.00 e. The number of hydrogen-bond donors (Lipinski definition) is 4. The Morgan fingerprint density at radius 1 is 1.07 bits per heavy atom. The molecule has 14 heavy (non-hydrogen) atoms. The Morgan fingerprint density at radius 2 is 1.29 bits per heavy atom. The summed E-state index contributed by atoms with van der Waals surface area (Å²) in [6.45, 7) is 0. The van der Waals surface area contributed by atoms with Gasteiger partial charge < -0.3 is 35.6 Å². The average Bonchev–Trinajstić information content (AvgIpc) is 1.88. The Hall–Kier alpha value is 0.868. The van der Waals surface area contributed by atoms with E-state index in [4.69, 9.17) is 9.79 Å². The summed E-state index contributed by atoms with van der Waals surface area (Å²) in [4.78, 5) is 34.1. The van der Waals surface area contributed by atoms with E-state index < -0.39 is 15.6 Å². The average molecular weight is 433 g/mol. The van der Waals surface area contributed by atoms with Crippen molar-refractivity contribution in [3.63, 3.8) is 0 Å². The molecule has 0 atom stereocenters. The summed E-state index contributed by atoms with van der Waals surface area (Å²) in [6, 6.07) is 0. The third-order valence-corrected chi connectivity index (χ3v) is 1.86. The first-order valence-electron chi connectivity index (χ1n) is 2.65. The third-order valence-electron chi connectivity index (χ3n) is 0.206. The number of phosphoric acid groups is 2. The summed E-state index contributed by atoms with van der Waals surface area (Å²) < 4.78 is 21.7. The van der Waals surface area contributed by atoms with Crippen LogP contribution in [0.3, 0.4) is 0 Å². The van der Waals surface area contributed by atoms with Gasteiger partial charge in [-0.1, -0.05) is 0 Å². The molecular formula is C2H12N2O7P2Pt. The fourth-order valence-electron chi connectivity index (χ4n) is 0.130. The molecule has 0 spiro atoms. The maximum atomic E-state index is 9.55. The van der Waals surface area contributed by atoms with Crippen molar-refractivity contribution in [2.75, 3.05) is 14.1 Å². The van der Waals surface area contributed by atoms with E-state index >= 15 is 0 Å². The van der Waals surface area contributed by atoms with E-state index in [-0.39, 0.29) is 21.1 Å². The Balaban J connectivity index is -0.0000000883. The molecule has 6 N–H and O–H groups in total. The fraction of sp³-hybridized carbons (Fsp3) is 1.00. The zero-order valence-corrected chi connectivity index (χ0v) is 11.4. The Kier molecular flexibility index (Phi) is 20.6. The van der Waals surface area contributed by atoms with Gasteiger partial charge in [0.15, 0.2) is 0 Å². The SMILES string of the molecule is CN.CN.O=P([O-])([O-])OP(=O)(O)O.[Pt+2]. The van der Waals surface area contributed by atoms with Crippen molar-refractivity contribution in [1.82, 2.24) is 0 Å². The minimum absolute atomic E-state index is 0. The molecule has 0 saturated carbocycles. The molecule has 0 fully saturated rings. The second-order valence-corrected chi connectivity index (χ2v) is 3.55. The van der Waals surface area contributed by atoms with Gasteiger partial charge in [-0.25, -0.2) is 4.57 Å². The molecule has 0 aliphatic carbocycles. The molecule has 0 saturated heterocycles. The van der Waals surface area contributed by atoms with Crippen LogP contribution in [0.4, 0.5) is 0 Å². The summed E-state index contributed by atoms with van der Waals surface area (Å²) in [5, 5.41) is 0. The van der Waals surface area contributed by atoms with Crippen LogP contribution in [-0.2, 0) is 34.5 Å². The van der Waals surface area contributed by atoms with E-state index in [2.05, 4.69) is 15.8 Å². The van der Waals surface area contributed by atoms with Gasteiger partial charge in [0.2, 0.25) is 0 Å². The monoisotopic (exact) mass is 433 g/mol. The largest absolute Gasteiger partial charge is 2.00 e. The quantitative estimate of drug-likeness (QED) is 0.332. The molecule has 0 radical (unpaired) electrons. The van der Waals surface area contributed by atoms with E-state index in [0.717, 1.165) is 0 Å². The van der Waals surface area contributed by atoms with Crippen LogP contribution in [0.15, 0.2) is 0 Å². The number of rotatable bonds is 2. The Labute approximate surface area is 95.6 Å². The molecular weight excluding hydrogens is 421 g/mol. The normalized spacial score (nSPS) is 9.71. The molecule has 0 aliphatic heterocycles. The van der Waals surface area contributed by atoms with Crippen molar-refractivity contribution in [2.45, 2.75) is 0 Å². The van der Waals surface area contributed by atoms with Gasteiger partial charge in [-0.3, -0.25) is 4.31 Å². The topological polar surface area (TPSA) is 182 Å². The number of hydrogen-bond acceptors (Lipinski definition) is 7. The van der Waals surface area contributed by atoms with Gasteiger partial charge in [0.1, 0.15) is 0 Å². The van der Waals surface area contributed by atoms with Crippen molar-refractivity contribution in [2.24, 2.45) is 11.5 Å². The van der Waals surface area contributed by atoms with Crippen LogP contribution in [0.25, 0.3) is 0 Å². The third kappa shape index (κ3) is 38.4. The summed E-state index contributed by atoms with van der Waals surface area (Å²) in [5.41, 5.74) is 9.00. The van der Waals surface area contributed by atoms with Crippen LogP contribution in [0.2, 0.25) is 0 Å². The van der Waals surface area contributed by atoms with E-state index in [9.17, 15) is 18.9 Å². The predicted octanol–water partition coefficient (Wildman–Crippen LogP) is -2.93. The first-order valence-corrected chi connectivity index (χ1v) is 5.64. The molecule has 0 aromatic heterocycles. The van der Waals surface area contributed by atoms with Crippen molar-refractivity contribution in [3.05, 3.63) is 0 Å². The second kappa shape index (κ2) is 11.9.